The van der Waals surface area contributed by atoms with Gasteiger partial charge >= 0.3 is 6.18 Å². The van der Waals surface area contributed by atoms with Crippen LogP contribution in [0.1, 0.15) is 18.4 Å². The second-order valence-electron chi connectivity index (χ2n) is 6.62. The van der Waals surface area contributed by atoms with Crippen molar-refractivity contribution in [3.63, 3.8) is 0 Å². The van der Waals surface area contributed by atoms with Crippen LogP contribution in [0.2, 0.25) is 0 Å². The number of nitrogens with one attached hydrogen (secondary N) is 1. The third kappa shape index (κ3) is 4.50. The third-order valence-electron chi connectivity index (χ3n) is 4.77. The molecule has 0 unspecified atom stereocenters. The molecule has 0 atom stereocenters. The Labute approximate surface area is 154 Å². The van der Waals surface area contributed by atoms with Crippen LogP contribution in [0.25, 0.3) is 0 Å². The molecular weight excluding hydrogens is 365 g/mol. The molecule has 0 aliphatic carbocycles. The summed E-state index contributed by atoms with van der Waals surface area (Å²) >= 11 is 0. The zero-order valence-electron chi connectivity index (χ0n) is 14.5. The van der Waals surface area contributed by atoms with E-state index in [1.165, 1.54) is 4.90 Å². The van der Waals surface area contributed by atoms with E-state index in [0.717, 1.165) is 17.7 Å². The number of nitrogens with zero attached hydrogens (tertiary/aromatic N) is 1. The summed E-state index contributed by atoms with van der Waals surface area (Å²) in [6.07, 6.45) is -4.61. The normalized spacial score (nSPS) is 15.9. The maximum atomic E-state index is 14.5. The van der Waals surface area contributed by atoms with Crippen molar-refractivity contribution in [1.29, 1.82) is 0 Å². The van der Waals surface area contributed by atoms with E-state index in [9.17, 15) is 22.0 Å². The number of alkyl halides is 3. The van der Waals surface area contributed by atoms with Gasteiger partial charge in [-0.25, -0.2) is 8.78 Å². The molecule has 0 spiro atoms. The van der Waals surface area contributed by atoms with Crippen LogP contribution in [-0.2, 0) is 6.54 Å². The predicted molar refractivity (Wildman–Crippen MR) is 95.0 cm³/mol. The third-order valence-corrected chi connectivity index (χ3v) is 4.77. The minimum absolute atomic E-state index is 0.0364. The predicted octanol–water partition coefficient (Wildman–Crippen LogP) is 4.95. The molecule has 3 N–H and O–H groups in total. The van der Waals surface area contributed by atoms with E-state index in [4.69, 9.17) is 5.73 Å². The SMILES string of the molecule is NCc1ccc(Nc2cc(F)c(N3CCC(C(F)(F)F)CC3)c(F)c2)cc1. The van der Waals surface area contributed by atoms with Crippen molar-refractivity contribution in [2.24, 2.45) is 11.7 Å². The van der Waals surface area contributed by atoms with Crippen molar-refractivity contribution in [3.8, 4) is 0 Å². The fourth-order valence-corrected chi connectivity index (χ4v) is 3.26. The van der Waals surface area contributed by atoms with Gasteiger partial charge in [-0.2, -0.15) is 13.2 Å². The summed E-state index contributed by atoms with van der Waals surface area (Å²) in [7, 11) is 0. The summed E-state index contributed by atoms with van der Waals surface area (Å²) in [5, 5.41) is 2.91. The summed E-state index contributed by atoms with van der Waals surface area (Å²) in [4.78, 5) is 1.34. The molecule has 146 valence electrons. The topological polar surface area (TPSA) is 41.3 Å². The molecular formula is C19H20F5N3. The number of rotatable bonds is 4. The van der Waals surface area contributed by atoms with Crippen LogP contribution in [0.4, 0.5) is 39.0 Å². The second kappa shape index (κ2) is 7.72. The first-order chi connectivity index (χ1) is 12.8. The van der Waals surface area contributed by atoms with Gasteiger partial charge in [-0.1, -0.05) is 12.1 Å². The van der Waals surface area contributed by atoms with Crippen molar-refractivity contribution in [2.75, 3.05) is 23.3 Å². The highest BCUT2D eigenvalue weighted by molar-refractivity contribution is 5.64. The Morgan fingerprint density at radius 3 is 2.00 bits per heavy atom. The monoisotopic (exact) mass is 385 g/mol. The van der Waals surface area contributed by atoms with Crippen LogP contribution in [-0.4, -0.2) is 19.3 Å². The lowest BCUT2D eigenvalue weighted by Crippen LogP contribution is -2.39. The first-order valence-corrected chi connectivity index (χ1v) is 8.64. The van der Waals surface area contributed by atoms with Gasteiger partial charge < -0.3 is 16.0 Å². The molecule has 27 heavy (non-hydrogen) atoms. The minimum atomic E-state index is -4.27. The Hall–Kier alpha value is -2.35. The van der Waals surface area contributed by atoms with Gasteiger partial charge in [0, 0.05) is 31.0 Å². The summed E-state index contributed by atoms with van der Waals surface area (Å²) < 4.78 is 67.2. The van der Waals surface area contributed by atoms with Crippen LogP contribution < -0.4 is 16.0 Å². The Bertz CT molecular complexity index is 758. The van der Waals surface area contributed by atoms with Crippen molar-refractivity contribution in [2.45, 2.75) is 25.6 Å². The molecule has 1 saturated heterocycles. The average Bonchev–Trinajstić information content (AvgIpc) is 2.61. The molecule has 2 aromatic rings. The summed E-state index contributed by atoms with van der Waals surface area (Å²) in [5.41, 5.74) is 7.04. The van der Waals surface area contributed by atoms with E-state index in [-0.39, 0.29) is 37.3 Å². The molecule has 2 aromatic carbocycles. The number of hydrogen-bond donors (Lipinski definition) is 2. The van der Waals surface area contributed by atoms with Gasteiger partial charge in [-0.15, -0.1) is 0 Å². The number of anilines is 3. The van der Waals surface area contributed by atoms with Crippen LogP contribution in [0, 0.1) is 17.6 Å². The maximum absolute atomic E-state index is 14.5. The average molecular weight is 385 g/mol. The van der Waals surface area contributed by atoms with Gasteiger partial charge in [0.2, 0.25) is 0 Å². The molecule has 3 nitrogen and oxygen atoms in total. The first-order valence-electron chi connectivity index (χ1n) is 8.64. The molecule has 0 saturated carbocycles. The number of nitrogens with two attached hydrogens (primary N) is 1. The lowest BCUT2D eigenvalue weighted by molar-refractivity contribution is -0.179. The van der Waals surface area contributed by atoms with E-state index in [1.807, 2.05) is 0 Å². The fourth-order valence-electron chi connectivity index (χ4n) is 3.26. The Kier molecular flexibility index (Phi) is 5.55. The Morgan fingerprint density at radius 2 is 1.52 bits per heavy atom. The van der Waals surface area contributed by atoms with Crippen molar-refractivity contribution in [1.82, 2.24) is 0 Å². The van der Waals surface area contributed by atoms with Crippen LogP contribution >= 0.6 is 0 Å². The van der Waals surface area contributed by atoms with Crippen LogP contribution in [0.15, 0.2) is 36.4 Å². The Morgan fingerprint density at radius 1 is 0.963 bits per heavy atom. The van der Waals surface area contributed by atoms with Gasteiger partial charge in [-0.05, 0) is 42.7 Å². The van der Waals surface area contributed by atoms with Gasteiger partial charge in [-0.3, -0.25) is 0 Å². The van der Waals surface area contributed by atoms with Crippen molar-refractivity contribution < 1.29 is 22.0 Å². The fraction of sp³-hybridized carbons (Fsp3) is 0.368. The Balaban J connectivity index is 1.73. The summed E-state index contributed by atoms with van der Waals surface area (Å²) in [6, 6.07) is 9.38. The standard InChI is InChI=1S/C19H20F5N3/c20-16-9-15(26-14-3-1-12(11-25)2-4-14)10-17(21)18(16)27-7-5-13(6-8-27)19(22,23)24/h1-4,9-10,13,26H,5-8,11,25H2. The molecule has 1 heterocycles. The van der Waals surface area contributed by atoms with Crippen molar-refractivity contribution in [3.05, 3.63) is 53.6 Å². The van der Waals surface area contributed by atoms with E-state index in [2.05, 4.69) is 5.32 Å². The maximum Gasteiger partial charge on any atom is 0.391 e. The number of hydrogen-bond acceptors (Lipinski definition) is 3. The molecule has 0 radical (unpaired) electrons. The summed E-state index contributed by atoms with van der Waals surface area (Å²) in [6.45, 7) is 0.319. The molecule has 8 heteroatoms. The number of halogens is 5. The van der Waals surface area contributed by atoms with E-state index < -0.39 is 23.7 Å². The highest BCUT2D eigenvalue weighted by atomic mass is 19.4. The highest BCUT2D eigenvalue weighted by Gasteiger charge is 2.41. The highest BCUT2D eigenvalue weighted by Crippen LogP contribution is 2.37. The smallest absolute Gasteiger partial charge is 0.367 e. The lowest BCUT2D eigenvalue weighted by atomic mass is 9.96. The van der Waals surface area contributed by atoms with Gasteiger partial charge in [0.25, 0.3) is 0 Å². The zero-order chi connectivity index (χ0) is 19.6. The lowest BCUT2D eigenvalue weighted by Gasteiger charge is -2.34. The van der Waals surface area contributed by atoms with E-state index in [1.54, 1.807) is 24.3 Å². The van der Waals surface area contributed by atoms with Gasteiger partial charge in [0.15, 0.2) is 11.6 Å². The van der Waals surface area contributed by atoms with Crippen LogP contribution in [0.3, 0.4) is 0 Å². The summed E-state index contributed by atoms with van der Waals surface area (Å²) in [5.74, 6) is -3.03. The molecule has 0 amide bonds. The number of piperidine rings is 1. The molecule has 0 bridgehead atoms. The van der Waals surface area contributed by atoms with Gasteiger partial charge in [0.05, 0.1) is 5.92 Å². The van der Waals surface area contributed by atoms with Crippen molar-refractivity contribution >= 4 is 17.1 Å². The van der Waals surface area contributed by atoms with E-state index >= 15 is 0 Å². The minimum Gasteiger partial charge on any atom is -0.367 e. The largest absolute Gasteiger partial charge is 0.391 e. The molecule has 3 rings (SSSR count). The number of benzene rings is 2. The molecule has 1 fully saturated rings. The first kappa shape index (κ1) is 19.4. The second-order valence-corrected chi connectivity index (χ2v) is 6.62. The quantitative estimate of drug-likeness (QED) is 0.732. The van der Waals surface area contributed by atoms with Crippen LogP contribution in [0.5, 0.6) is 0 Å². The van der Waals surface area contributed by atoms with Gasteiger partial charge in [0.1, 0.15) is 5.69 Å². The molecule has 1 aliphatic rings. The molecule has 1 aliphatic heterocycles. The zero-order valence-corrected chi connectivity index (χ0v) is 14.5. The molecule has 0 aromatic heterocycles. The van der Waals surface area contributed by atoms with E-state index in [0.29, 0.717) is 12.2 Å².